The number of nitrogens with one attached hydrogen (secondary N) is 2. The molecule has 0 fully saturated rings. The summed E-state index contributed by atoms with van der Waals surface area (Å²) in [5.74, 6) is -0.129. The van der Waals surface area contributed by atoms with Crippen molar-refractivity contribution in [3.63, 3.8) is 0 Å². The first-order valence-corrected chi connectivity index (χ1v) is 9.79. The van der Waals surface area contributed by atoms with Crippen LogP contribution in [0.25, 0.3) is 0 Å². The molecule has 2 aromatic rings. The molecular formula is C23H28N2O6. The summed E-state index contributed by atoms with van der Waals surface area (Å²) in [7, 11) is 3.08. The maximum absolute atomic E-state index is 12.2. The molecule has 0 saturated heterocycles. The lowest BCUT2D eigenvalue weighted by Gasteiger charge is -2.18. The molecule has 0 bridgehead atoms. The monoisotopic (exact) mass is 428 g/mol. The maximum Gasteiger partial charge on any atom is 0.308 e. The summed E-state index contributed by atoms with van der Waals surface area (Å²) in [4.78, 5) is 35.8. The van der Waals surface area contributed by atoms with Crippen LogP contribution in [0, 0.1) is 6.92 Å². The molecule has 8 heteroatoms. The minimum Gasteiger partial charge on any atom is -0.493 e. The van der Waals surface area contributed by atoms with E-state index in [1.165, 1.54) is 14.0 Å². The van der Waals surface area contributed by atoms with Gasteiger partial charge in [-0.3, -0.25) is 14.4 Å². The van der Waals surface area contributed by atoms with Crippen LogP contribution in [-0.2, 0) is 25.7 Å². The highest BCUT2D eigenvalue weighted by Crippen LogP contribution is 2.27. The van der Waals surface area contributed by atoms with Gasteiger partial charge in [0.2, 0.25) is 5.91 Å². The van der Waals surface area contributed by atoms with E-state index in [1.54, 1.807) is 25.3 Å². The van der Waals surface area contributed by atoms with Crippen LogP contribution in [0.4, 0.5) is 0 Å². The lowest BCUT2D eigenvalue weighted by molar-refractivity contribution is -0.149. The number of aryl methyl sites for hydroxylation is 1. The largest absolute Gasteiger partial charge is 0.493 e. The molecule has 0 aliphatic heterocycles. The van der Waals surface area contributed by atoms with Crippen LogP contribution in [0.15, 0.2) is 42.5 Å². The zero-order chi connectivity index (χ0) is 22.8. The quantitative estimate of drug-likeness (QED) is 0.564. The SMILES string of the molecule is COc1ccc(CNC(=O)COC(=O)CC(NC(C)=O)c2ccc(C)cc2)cc1OC. The van der Waals surface area contributed by atoms with Gasteiger partial charge >= 0.3 is 5.97 Å². The smallest absolute Gasteiger partial charge is 0.308 e. The van der Waals surface area contributed by atoms with E-state index in [0.717, 1.165) is 16.7 Å². The van der Waals surface area contributed by atoms with Crippen LogP contribution in [0.3, 0.4) is 0 Å². The molecular weight excluding hydrogens is 400 g/mol. The lowest BCUT2D eigenvalue weighted by Crippen LogP contribution is -2.31. The van der Waals surface area contributed by atoms with E-state index in [0.29, 0.717) is 11.5 Å². The van der Waals surface area contributed by atoms with Crippen LogP contribution in [0.1, 0.15) is 36.1 Å². The second-order valence-corrected chi connectivity index (χ2v) is 6.99. The number of hydrogen-bond donors (Lipinski definition) is 2. The third-order valence-corrected chi connectivity index (χ3v) is 4.53. The number of hydrogen-bond acceptors (Lipinski definition) is 6. The Hall–Kier alpha value is -3.55. The summed E-state index contributed by atoms with van der Waals surface area (Å²) in [5.41, 5.74) is 2.66. The van der Waals surface area contributed by atoms with Gasteiger partial charge in [0.25, 0.3) is 5.91 Å². The molecule has 1 unspecified atom stereocenters. The Morgan fingerprint density at radius 2 is 1.65 bits per heavy atom. The summed E-state index contributed by atoms with van der Waals surface area (Å²) in [6.45, 7) is 3.17. The normalized spacial score (nSPS) is 11.2. The van der Waals surface area contributed by atoms with Crippen molar-refractivity contribution in [2.75, 3.05) is 20.8 Å². The van der Waals surface area contributed by atoms with Gasteiger partial charge in [-0.25, -0.2) is 0 Å². The molecule has 2 aromatic carbocycles. The van der Waals surface area contributed by atoms with E-state index in [9.17, 15) is 14.4 Å². The highest BCUT2D eigenvalue weighted by atomic mass is 16.5. The Morgan fingerprint density at radius 3 is 2.26 bits per heavy atom. The van der Waals surface area contributed by atoms with Gasteiger partial charge in [-0.1, -0.05) is 35.9 Å². The maximum atomic E-state index is 12.2. The Kier molecular flexibility index (Phi) is 8.87. The molecule has 0 radical (unpaired) electrons. The Morgan fingerprint density at radius 1 is 0.968 bits per heavy atom. The highest BCUT2D eigenvalue weighted by Gasteiger charge is 2.19. The lowest BCUT2D eigenvalue weighted by atomic mass is 10.0. The minimum atomic E-state index is -0.583. The molecule has 2 rings (SSSR count). The Bertz CT molecular complexity index is 911. The van der Waals surface area contributed by atoms with E-state index in [2.05, 4.69) is 10.6 Å². The Labute approximate surface area is 181 Å². The first kappa shape index (κ1) is 23.7. The summed E-state index contributed by atoms with van der Waals surface area (Å²) >= 11 is 0. The van der Waals surface area contributed by atoms with Crippen LogP contribution in [-0.4, -0.2) is 38.6 Å². The van der Waals surface area contributed by atoms with E-state index >= 15 is 0 Å². The van der Waals surface area contributed by atoms with Gasteiger partial charge in [0.15, 0.2) is 18.1 Å². The molecule has 0 aromatic heterocycles. The van der Waals surface area contributed by atoms with Crippen molar-refractivity contribution in [3.8, 4) is 11.5 Å². The van der Waals surface area contributed by atoms with Gasteiger partial charge in [0, 0.05) is 13.5 Å². The fourth-order valence-corrected chi connectivity index (χ4v) is 2.91. The molecule has 31 heavy (non-hydrogen) atoms. The Balaban J connectivity index is 1.85. The summed E-state index contributed by atoms with van der Waals surface area (Å²) in [6.07, 6.45) is -0.0778. The van der Waals surface area contributed by atoms with Crippen molar-refractivity contribution in [3.05, 3.63) is 59.2 Å². The van der Waals surface area contributed by atoms with Crippen LogP contribution in [0.5, 0.6) is 11.5 Å². The summed E-state index contributed by atoms with van der Waals surface area (Å²) in [6, 6.07) is 12.3. The van der Waals surface area contributed by atoms with E-state index in [-0.39, 0.29) is 18.9 Å². The van der Waals surface area contributed by atoms with Crippen molar-refractivity contribution in [2.45, 2.75) is 32.9 Å². The molecule has 0 aliphatic carbocycles. The molecule has 0 saturated carbocycles. The first-order chi connectivity index (χ1) is 14.8. The van der Waals surface area contributed by atoms with Crippen LogP contribution < -0.4 is 20.1 Å². The van der Waals surface area contributed by atoms with Gasteiger partial charge in [-0.15, -0.1) is 0 Å². The number of benzene rings is 2. The van der Waals surface area contributed by atoms with Gasteiger partial charge in [-0.05, 0) is 30.2 Å². The number of ether oxygens (including phenoxy) is 3. The van der Waals surface area contributed by atoms with Gasteiger partial charge in [0.1, 0.15) is 0 Å². The van der Waals surface area contributed by atoms with Crippen molar-refractivity contribution in [1.82, 2.24) is 10.6 Å². The highest BCUT2D eigenvalue weighted by molar-refractivity contribution is 5.81. The average Bonchev–Trinajstić information content (AvgIpc) is 2.75. The molecule has 2 amide bonds. The van der Waals surface area contributed by atoms with Crippen LogP contribution >= 0.6 is 0 Å². The fraction of sp³-hybridized carbons (Fsp3) is 0.348. The predicted octanol–water partition coefficient (Wildman–Crippen LogP) is 2.44. The minimum absolute atomic E-state index is 0.0778. The van der Waals surface area contributed by atoms with Gasteiger partial charge in [0.05, 0.1) is 26.7 Å². The average molecular weight is 428 g/mol. The first-order valence-electron chi connectivity index (χ1n) is 9.79. The van der Waals surface area contributed by atoms with E-state index < -0.39 is 24.5 Å². The molecule has 0 spiro atoms. The van der Waals surface area contributed by atoms with Crippen LogP contribution in [0.2, 0.25) is 0 Å². The number of carbonyl (C=O) groups excluding carboxylic acids is 3. The van der Waals surface area contributed by atoms with Crippen molar-refractivity contribution in [1.29, 1.82) is 0 Å². The number of carbonyl (C=O) groups is 3. The second kappa shape index (κ2) is 11.6. The number of rotatable bonds is 10. The van der Waals surface area contributed by atoms with Crippen molar-refractivity contribution >= 4 is 17.8 Å². The third kappa shape index (κ3) is 7.65. The van der Waals surface area contributed by atoms with Crippen molar-refractivity contribution in [2.24, 2.45) is 0 Å². The van der Waals surface area contributed by atoms with E-state index in [4.69, 9.17) is 14.2 Å². The second-order valence-electron chi connectivity index (χ2n) is 6.99. The van der Waals surface area contributed by atoms with Gasteiger partial charge in [-0.2, -0.15) is 0 Å². The van der Waals surface area contributed by atoms with Crippen molar-refractivity contribution < 1.29 is 28.6 Å². The molecule has 1 atom stereocenters. The molecule has 0 aliphatic rings. The summed E-state index contributed by atoms with van der Waals surface area (Å²) in [5, 5.41) is 5.42. The van der Waals surface area contributed by atoms with E-state index in [1.807, 2.05) is 31.2 Å². The topological polar surface area (TPSA) is 103 Å². The molecule has 2 N–H and O–H groups in total. The number of methoxy groups -OCH3 is 2. The van der Waals surface area contributed by atoms with Gasteiger partial charge < -0.3 is 24.8 Å². The molecule has 0 heterocycles. The molecule has 8 nitrogen and oxygen atoms in total. The zero-order valence-corrected chi connectivity index (χ0v) is 18.2. The fourth-order valence-electron chi connectivity index (χ4n) is 2.91. The summed E-state index contributed by atoms with van der Waals surface area (Å²) < 4.78 is 15.5. The zero-order valence-electron chi connectivity index (χ0n) is 18.2. The standard InChI is InChI=1S/C23H28N2O6/c1-15-5-8-18(9-6-15)19(25-16(2)26)12-23(28)31-14-22(27)24-13-17-7-10-20(29-3)21(11-17)30-4/h5-11,19H,12-14H2,1-4H3,(H,24,27)(H,25,26). The number of amides is 2. The third-order valence-electron chi connectivity index (χ3n) is 4.53. The molecule has 166 valence electrons. The predicted molar refractivity (Wildman–Crippen MR) is 115 cm³/mol. The number of esters is 1.